The van der Waals surface area contributed by atoms with Crippen LogP contribution >= 0.6 is 11.8 Å². The molecule has 0 aromatic carbocycles. The highest BCUT2D eigenvalue weighted by atomic mass is 32.2. The predicted octanol–water partition coefficient (Wildman–Crippen LogP) is -0.00580. The van der Waals surface area contributed by atoms with Gasteiger partial charge in [0, 0.05) is 11.7 Å². The summed E-state index contributed by atoms with van der Waals surface area (Å²) >= 11 is 1.55. The number of piperidine rings is 1. The van der Waals surface area contributed by atoms with Gasteiger partial charge < -0.3 is 20.5 Å². The largest absolute Gasteiger partial charge is 0.480 e. The van der Waals surface area contributed by atoms with Crippen molar-refractivity contribution in [2.75, 3.05) is 26.0 Å². The molecule has 1 fully saturated rings. The summed E-state index contributed by atoms with van der Waals surface area (Å²) < 4.78 is 4.46. The number of hydrogen-bond donors (Lipinski definition) is 3. The quantitative estimate of drug-likeness (QED) is 0.541. The molecular formula is C13H22N2O5S. The second-order valence-electron chi connectivity index (χ2n) is 4.83. The third-order valence-electron chi connectivity index (χ3n) is 3.23. The molecule has 1 rings (SSSR count). The van der Waals surface area contributed by atoms with E-state index in [0.29, 0.717) is 5.25 Å². The fraction of sp³-hybridized carbons (Fsp3) is 0.769. The Morgan fingerprint density at radius 1 is 1.38 bits per heavy atom. The van der Waals surface area contributed by atoms with Crippen molar-refractivity contribution in [3.05, 3.63) is 0 Å². The topological polar surface area (TPSA) is 105 Å². The highest BCUT2D eigenvalue weighted by molar-refractivity contribution is 8.00. The fourth-order valence-corrected chi connectivity index (χ4v) is 3.05. The van der Waals surface area contributed by atoms with Crippen LogP contribution in [-0.4, -0.2) is 60.2 Å². The number of hydrogen-bond acceptors (Lipinski definition) is 6. The summed E-state index contributed by atoms with van der Waals surface area (Å²) in [5.74, 6) is -1.69. The van der Waals surface area contributed by atoms with Gasteiger partial charge in [0.2, 0.25) is 5.91 Å². The van der Waals surface area contributed by atoms with E-state index in [2.05, 4.69) is 15.4 Å². The van der Waals surface area contributed by atoms with Gasteiger partial charge in [-0.25, -0.2) is 4.79 Å². The minimum Gasteiger partial charge on any atom is -0.480 e. The number of thioether (sulfide) groups is 1. The zero-order valence-corrected chi connectivity index (χ0v) is 12.9. The van der Waals surface area contributed by atoms with Gasteiger partial charge in [-0.3, -0.25) is 9.59 Å². The Labute approximate surface area is 128 Å². The molecule has 3 N–H and O–H groups in total. The second-order valence-corrected chi connectivity index (χ2v) is 6.12. The molecule has 1 atom stereocenters. The van der Waals surface area contributed by atoms with E-state index in [4.69, 9.17) is 5.11 Å². The van der Waals surface area contributed by atoms with E-state index < -0.39 is 18.0 Å². The van der Waals surface area contributed by atoms with Crippen LogP contribution in [0.15, 0.2) is 0 Å². The number of nitrogens with one attached hydrogen (secondary N) is 2. The maximum atomic E-state index is 11.8. The van der Waals surface area contributed by atoms with E-state index in [-0.39, 0.29) is 24.5 Å². The van der Waals surface area contributed by atoms with Crippen LogP contribution in [0.1, 0.15) is 25.7 Å². The summed E-state index contributed by atoms with van der Waals surface area (Å²) in [6.07, 6.45) is 2.03. The third-order valence-corrected chi connectivity index (χ3v) is 4.61. The minimum absolute atomic E-state index is 0.0326. The number of carbonyl (C=O) groups is 3. The monoisotopic (exact) mass is 318 g/mol. The van der Waals surface area contributed by atoms with Crippen LogP contribution in [0.5, 0.6) is 0 Å². The van der Waals surface area contributed by atoms with Gasteiger partial charge in [0.1, 0.15) is 6.04 Å². The Morgan fingerprint density at radius 3 is 2.62 bits per heavy atom. The van der Waals surface area contributed by atoms with Crippen LogP contribution in [-0.2, 0) is 19.1 Å². The summed E-state index contributed by atoms with van der Waals surface area (Å²) in [5.41, 5.74) is 0. The van der Waals surface area contributed by atoms with Crippen molar-refractivity contribution in [3.8, 4) is 0 Å². The van der Waals surface area contributed by atoms with Crippen molar-refractivity contribution in [1.82, 2.24) is 10.6 Å². The summed E-state index contributed by atoms with van der Waals surface area (Å²) in [4.78, 5) is 33.9. The molecule has 0 aromatic heterocycles. The number of carbonyl (C=O) groups excluding carboxylic acids is 2. The van der Waals surface area contributed by atoms with Crippen LogP contribution in [0.25, 0.3) is 0 Å². The van der Waals surface area contributed by atoms with Gasteiger partial charge in [0.25, 0.3) is 0 Å². The smallest absolute Gasteiger partial charge is 0.326 e. The maximum absolute atomic E-state index is 11.8. The van der Waals surface area contributed by atoms with E-state index in [9.17, 15) is 14.4 Å². The van der Waals surface area contributed by atoms with Crippen molar-refractivity contribution >= 4 is 29.6 Å². The van der Waals surface area contributed by atoms with Crippen LogP contribution in [0, 0.1) is 0 Å². The maximum Gasteiger partial charge on any atom is 0.326 e. The summed E-state index contributed by atoms with van der Waals surface area (Å²) in [5, 5.41) is 15.2. The third kappa shape index (κ3) is 7.33. The van der Waals surface area contributed by atoms with Crippen LogP contribution in [0.3, 0.4) is 0 Å². The molecular weight excluding hydrogens is 296 g/mol. The molecule has 1 amide bonds. The lowest BCUT2D eigenvalue weighted by Gasteiger charge is -2.22. The Kier molecular flexibility index (Phi) is 8.14. The van der Waals surface area contributed by atoms with E-state index in [1.807, 2.05) is 0 Å². The molecule has 0 bridgehead atoms. The van der Waals surface area contributed by atoms with Crippen LogP contribution in [0.2, 0.25) is 0 Å². The molecule has 0 saturated carbocycles. The van der Waals surface area contributed by atoms with Crippen LogP contribution in [0.4, 0.5) is 0 Å². The molecule has 1 aliphatic heterocycles. The summed E-state index contributed by atoms with van der Waals surface area (Å²) in [6, 6.07) is -1.05. The van der Waals surface area contributed by atoms with E-state index >= 15 is 0 Å². The molecule has 120 valence electrons. The number of carboxylic acids is 1. The number of amides is 1. The number of carboxylic acid groups (broad SMARTS) is 1. The number of methoxy groups -OCH3 is 1. The zero-order chi connectivity index (χ0) is 15.7. The number of aliphatic carboxylic acids is 1. The van der Waals surface area contributed by atoms with Crippen LogP contribution < -0.4 is 10.6 Å². The van der Waals surface area contributed by atoms with Crippen molar-refractivity contribution < 1.29 is 24.2 Å². The Hall–Kier alpha value is -1.28. The van der Waals surface area contributed by atoms with Gasteiger partial charge in [-0.15, -0.1) is 11.8 Å². The first-order valence-corrected chi connectivity index (χ1v) is 7.99. The molecule has 21 heavy (non-hydrogen) atoms. The lowest BCUT2D eigenvalue weighted by molar-refractivity contribution is -0.143. The van der Waals surface area contributed by atoms with Gasteiger partial charge in [-0.05, 0) is 32.4 Å². The number of esters is 1. The van der Waals surface area contributed by atoms with Crippen molar-refractivity contribution in [1.29, 1.82) is 0 Å². The molecule has 1 heterocycles. The van der Waals surface area contributed by atoms with Gasteiger partial charge in [-0.2, -0.15) is 0 Å². The van der Waals surface area contributed by atoms with Gasteiger partial charge in [0.05, 0.1) is 12.9 Å². The predicted molar refractivity (Wildman–Crippen MR) is 79.2 cm³/mol. The first kappa shape index (κ1) is 17.8. The normalized spacial score (nSPS) is 17.0. The van der Waals surface area contributed by atoms with E-state index in [1.165, 1.54) is 7.11 Å². The van der Waals surface area contributed by atoms with E-state index in [0.717, 1.165) is 25.9 Å². The zero-order valence-electron chi connectivity index (χ0n) is 12.1. The van der Waals surface area contributed by atoms with Gasteiger partial charge in [0.15, 0.2) is 0 Å². The Bertz CT molecular complexity index is 372. The van der Waals surface area contributed by atoms with Gasteiger partial charge in [-0.1, -0.05) is 0 Å². The highest BCUT2D eigenvalue weighted by Gasteiger charge is 2.22. The highest BCUT2D eigenvalue weighted by Crippen LogP contribution is 2.19. The molecule has 0 radical (unpaired) electrons. The molecule has 0 aliphatic carbocycles. The average molecular weight is 318 g/mol. The van der Waals surface area contributed by atoms with E-state index in [1.54, 1.807) is 11.8 Å². The first-order chi connectivity index (χ1) is 10.0. The SMILES string of the molecule is COC(=O)CC[C@@H](NC(=O)CSC1CCNCC1)C(=O)O. The van der Waals surface area contributed by atoms with Crippen molar-refractivity contribution in [2.24, 2.45) is 0 Å². The molecule has 0 unspecified atom stereocenters. The molecule has 0 spiro atoms. The molecule has 1 saturated heterocycles. The average Bonchev–Trinajstić information content (AvgIpc) is 2.49. The summed E-state index contributed by atoms with van der Waals surface area (Å²) in [6.45, 7) is 1.91. The molecule has 0 aromatic rings. The second kappa shape index (κ2) is 9.62. The summed E-state index contributed by atoms with van der Waals surface area (Å²) in [7, 11) is 1.24. The number of rotatable bonds is 8. The number of ether oxygens (including phenoxy) is 1. The standard InChI is InChI=1S/C13H22N2O5S/c1-20-12(17)3-2-10(13(18)19)15-11(16)8-21-9-4-6-14-7-5-9/h9-10,14H,2-8H2,1H3,(H,15,16)(H,18,19)/t10-/m1/s1. The first-order valence-electron chi connectivity index (χ1n) is 6.94. The Morgan fingerprint density at radius 2 is 2.05 bits per heavy atom. The fourth-order valence-electron chi connectivity index (χ4n) is 2.01. The molecule has 8 heteroatoms. The molecule has 1 aliphatic rings. The lowest BCUT2D eigenvalue weighted by Crippen LogP contribution is -2.42. The van der Waals surface area contributed by atoms with Crippen molar-refractivity contribution in [2.45, 2.75) is 37.0 Å². The lowest BCUT2D eigenvalue weighted by atomic mass is 10.1. The Balaban J connectivity index is 2.30. The van der Waals surface area contributed by atoms with Crippen molar-refractivity contribution in [3.63, 3.8) is 0 Å². The molecule has 7 nitrogen and oxygen atoms in total. The van der Waals surface area contributed by atoms with Gasteiger partial charge >= 0.3 is 11.9 Å². The minimum atomic E-state index is -1.14.